The fourth-order valence-corrected chi connectivity index (χ4v) is 1.83. The van der Waals surface area contributed by atoms with E-state index in [9.17, 15) is 4.79 Å². The van der Waals surface area contributed by atoms with Crippen LogP contribution in [0.15, 0.2) is 35.5 Å². The van der Waals surface area contributed by atoms with Crippen LogP contribution in [0.1, 0.15) is 19.4 Å². The van der Waals surface area contributed by atoms with Crippen LogP contribution in [0.2, 0.25) is 0 Å². The van der Waals surface area contributed by atoms with Gasteiger partial charge in [-0.15, -0.1) is 5.10 Å². The number of hydrogen-bond acceptors (Lipinski definition) is 5. The zero-order valence-electron chi connectivity index (χ0n) is 12.2. The molecule has 1 heterocycles. The molecule has 21 heavy (non-hydrogen) atoms. The SMILES string of the molecule is CC(C)Oc1cccc(N=C=O)c1COc1ccn(C)n1. The molecule has 0 atom stereocenters. The molecule has 110 valence electrons. The Morgan fingerprint density at radius 2 is 2.19 bits per heavy atom. The maximum absolute atomic E-state index is 10.5. The van der Waals surface area contributed by atoms with E-state index < -0.39 is 0 Å². The van der Waals surface area contributed by atoms with Crippen molar-refractivity contribution in [2.24, 2.45) is 12.0 Å². The summed E-state index contributed by atoms with van der Waals surface area (Å²) in [4.78, 5) is 14.2. The van der Waals surface area contributed by atoms with Gasteiger partial charge in [-0.05, 0) is 26.0 Å². The van der Waals surface area contributed by atoms with Gasteiger partial charge in [0.1, 0.15) is 12.4 Å². The normalized spacial score (nSPS) is 10.3. The zero-order valence-corrected chi connectivity index (χ0v) is 12.2. The highest BCUT2D eigenvalue weighted by Gasteiger charge is 2.12. The summed E-state index contributed by atoms with van der Waals surface area (Å²) in [5, 5.41) is 4.14. The van der Waals surface area contributed by atoms with Gasteiger partial charge in [0.25, 0.3) is 0 Å². The standard InChI is InChI=1S/C15H17N3O3/c1-11(2)21-14-6-4-5-13(16-10-19)12(14)9-20-15-7-8-18(3)17-15/h4-8,11H,9H2,1-3H3. The molecular formula is C15H17N3O3. The van der Waals surface area contributed by atoms with Gasteiger partial charge in [-0.25, -0.2) is 4.79 Å². The second-order valence-corrected chi connectivity index (χ2v) is 4.74. The summed E-state index contributed by atoms with van der Waals surface area (Å²) in [6.45, 7) is 4.07. The maximum atomic E-state index is 10.5. The molecule has 0 amide bonds. The Morgan fingerprint density at radius 3 is 2.81 bits per heavy atom. The van der Waals surface area contributed by atoms with Crippen LogP contribution in [0.25, 0.3) is 0 Å². The Hall–Kier alpha value is -2.59. The number of isocyanates is 1. The minimum Gasteiger partial charge on any atom is -0.491 e. The monoisotopic (exact) mass is 287 g/mol. The molecule has 0 saturated heterocycles. The molecule has 1 aromatic heterocycles. The van der Waals surface area contributed by atoms with Crippen molar-refractivity contribution in [3.8, 4) is 11.6 Å². The Bertz CT molecular complexity index is 658. The highest BCUT2D eigenvalue weighted by molar-refractivity contribution is 5.58. The molecule has 2 rings (SSSR count). The van der Waals surface area contributed by atoms with Gasteiger partial charge in [0, 0.05) is 19.3 Å². The van der Waals surface area contributed by atoms with Crippen molar-refractivity contribution in [1.29, 1.82) is 0 Å². The van der Waals surface area contributed by atoms with E-state index in [2.05, 4.69) is 10.1 Å². The molecule has 0 aliphatic carbocycles. The number of nitrogens with zero attached hydrogens (tertiary/aromatic N) is 3. The second-order valence-electron chi connectivity index (χ2n) is 4.74. The lowest BCUT2D eigenvalue weighted by Gasteiger charge is -2.15. The van der Waals surface area contributed by atoms with Crippen LogP contribution in [-0.4, -0.2) is 22.0 Å². The largest absolute Gasteiger partial charge is 0.491 e. The summed E-state index contributed by atoms with van der Waals surface area (Å²) < 4.78 is 13.0. The fourth-order valence-electron chi connectivity index (χ4n) is 1.83. The molecule has 0 unspecified atom stereocenters. The minimum absolute atomic E-state index is 0.00839. The Morgan fingerprint density at radius 1 is 1.38 bits per heavy atom. The smallest absolute Gasteiger partial charge is 0.240 e. The van der Waals surface area contributed by atoms with E-state index in [0.717, 1.165) is 0 Å². The highest BCUT2D eigenvalue weighted by atomic mass is 16.5. The molecular weight excluding hydrogens is 270 g/mol. The number of rotatable bonds is 6. The Balaban J connectivity index is 2.27. The molecule has 0 radical (unpaired) electrons. The molecule has 0 aliphatic rings. The van der Waals surface area contributed by atoms with Gasteiger partial charge in [0.05, 0.1) is 17.4 Å². The van der Waals surface area contributed by atoms with E-state index in [1.807, 2.05) is 27.0 Å². The number of hydrogen-bond donors (Lipinski definition) is 0. The van der Waals surface area contributed by atoms with Crippen LogP contribution in [0.3, 0.4) is 0 Å². The van der Waals surface area contributed by atoms with Crippen molar-refractivity contribution >= 4 is 11.8 Å². The number of aromatic nitrogens is 2. The third-order valence-electron chi connectivity index (χ3n) is 2.69. The predicted molar refractivity (Wildman–Crippen MR) is 77.5 cm³/mol. The molecule has 0 saturated carbocycles. The average Bonchev–Trinajstić information content (AvgIpc) is 2.83. The van der Waals surface area contributed by atoms with Crippen molar-refractivity contribution < 1.29 is 14.3 Å². The lowest BCUT2D eigenvalue weighted by molar-refractivity contribution is 0.229. The van der Waals surface area contributed by atoms with Gasteiger partial charge in [-0.2, -0.15) is 4.99 Å². The third kappa shape index (κ3) is 3.94. The molecule has 0 spiro atoms. The number of aliphatic imine (C=N–C) groups is 1. The summed E-state index contributed by atoms with van der Waals surface area (Å²) in [5.74, 6) is 1.13. The molecule has 0 fully saturated rings. The summed E-state index contributed by atoms with van der Waals surface area (Å²) in [5.41, 5.74) is 1.18. The van der Waals surface area contributed by atoms with Crippen LogP contribution in [0, 0.1) is 0 Å². The van der Waals surface area contributed by atoms with Gasteiger partial charge in [-0.1, -0.05) is 6.07 Å². The Labute approximate surface area is 123 Å². The van der Waals surface area contributed by atoms with Gasteiger partial charge in [0.2, 0.25) is 12.0 Å². The second kappa shape index (κ2) is 6.72. The number of aryl methyl sites for hydroxylation is 1. The zero-order chi connectivity index (χ0) is 15.2. The summed E-state index contributed by atoms with van der Waals surface area (Å²) in [6.07, 6.45) is 3.35. The first-order valence-corrected chi connectivity index (χ1v) is 6.59. The van der Waals surface area contributed by atoms with Gasteiger partial charge < -0.3 is 9.47 Å². The average molecular weight is 287 g/mol. The third-order valence-corrected chi connectivity index (χ3v) is 2.69. The van der Waals surface area contributed by atoms with E-state index in [0.29, 0.717) is 22.9 Å². The van der Waals surface area contributed by atoms with E-state index in [1.54, 1.807) is 35.2 Å². The highest BCUT2D eigenvalue weighted by Crippen LogP contribution is 2.30. The first-order valence-electron chi connectivity index (χ1n) is 6.59. The van der Waals surface area contributed by atoms with Crippen LogP contribution in [0.4, 0.5) is 5.69 Å². The lowest BCUT2D eigenvalue weighted by atomic mass is 10.1. The van der Waals surface area contributed by atoms with Crippen molar-refractivity contribution in [3.63, 3.8) is 0 Å². The fraction of sp³-hybridized carbons (Fsp3) is 0.333. The first kappa shape index (κ1) is 14.8. The maximum Gasteiger partial charge on any atom is 0.240 e. The van der Waals surface area contributed by atoms with Crippen molar-refractivity contribution in [2.75, 3.05) is 0 Å². The molecule has 1 aromatic carbocycles. The first-order chi connectivity index (χ1) is 10.1. The number of benzene rings is 1. The van der Waals surface area contributed by atoms with E-state index in [-0.39, 0.29) is 12.7 Å². The molecule has 0 bridgehead atoms. The summed E-state index contributed by atoms with van der Waals surface area (Å²) in [6, 6.07) is 7.07. The molecule has 0 N–H and O–H groups in total. The van der Waals surface area contributed by atoms with E-state index in [4.69, 9.17) is 9.47 Å². The van der Waals surface area contributed by atoms with Gasteiger partial charge in [-0.3, -0.25) is 4.68 Å². The number of carbonyl (C=O) groups excluding carboxylic acids is 1. The molecule has 6 nitrogen and oxygen atoms in total. The van der Waals surface area contributed by atoms with Crippen LogP contribution >= 0.6 is 0 Å². The van der Waals surface area contributed by atoms with Crippen LogP contribution < -0.4 is 9.47 Å². The lowest BCUT2D eigenvalue weighted by Crippen LogP contribution is -2.09. The van der Waals surface area contributed by atoms with Crippen molar-refractivity contribution in [1.82, 2.24) is 9.78 Å². The van der Waals surface area contributed by atoms with E-state index >= 15 is 0 Å². The van der Waals surface area contributed by atoms with Gasteiger partial charge in [0.15, 0.2) is 0 Å². The van der Waals surface area contributed by atoms with Crippen LogP contribution in [-0.2, 0) is 18.4 Å². The topological polar surface area (TPSA) is 65.7 Å². The van der Waals surface area contributed by atoms with Gasteiger partial charge >= 0.3 is 0 Å². The van der Waals surface area contributed by atoms with E-state index in [1.165, 1.54) is 0 Å². The molecule has 0 aliphatic heterocycles. The summed E-state index contributed by atoms with van der Waals surface area (Å²) >= 11 is 0. The Kier molecular flexibility index (Phi) is 4.74. The number of ether oxygens (including phenoxy) is 2. The predicted octanol–water partition coefficient (Wildman–Crippen LogP) is 2.75. The minimum atomic E-state index is 0.00839. The quantitative estimate of drug-likeness (QED) is 0.605. The van der Waals surface area contributed by atoms with Crippen LogP contribution in [0.5, 0.6) is 11.6 Å². The van der Waals surface area contributed by atoms with Crippen molar-refractivity contribution in [2.45, 2.75) is 26.6 Å². The van der Waals surface area contributed by atoms with Crippen molar-refractivity contribution in [3.05, 3.63) is 36.0 Å². The summed E-state index contributed by atoms with van der Waals surface area (Å²) in [7, 11) is 1.81. The molecule has 2 aromatic rings. The molecule has 6 heteroatoms.